The van der Waals surface area contributed by atoms with E-state index in [0.29, 0.717) is 53.9 Å². The predicted octanol–water partition coefficient (Wildman–Crippen LogP) is 2.47. The van der Waals surface area contributed by atoms with Gasteiger partial charge in [-0.1, -0.05) is 11.6 Å². The second-order valence-corrected chi connectivity index (χ2v) is 6.37. The Balaban J connectivity index is 2.13. The fraction of sp³-hybridized carbons (Fsp3) is 0.529. The van der Waals surface area contributed by atoms with Crippen molar-refractivity contribution in [1.29, 1.82) is 0 Å². The summed E-state index contributed by atoms with van der Waals surface area (Å²) in [6.07, 6.45) is 2.99. The van der Waals surface area contributed by atoms with Gasteiger partial charge in [0.05, 0.1) is 19.2 Å². The van der Waals surface area contributed by atoms with Crippen molar-refractivity contribution in [1.82, 2.24) is 4.90 Å². The summed E-state index contributed by atoms with van der Waals surface area (Å²) in [4.78, 5) is 25.5. The maximum Gasteiger partial charge on any atom is 0.254 e. The molecule has 0 spiro atoms. The molecule has 1 heterocycles. The quantitative estimate of drug-likeness (QED) is 0.850. The minimum atomic E-state index is -0.301. The molecule has 0 aromatic heterocycles. The van der Waals surface area contributed by atoms with Crippen molar-refractivity contribution in [3.8, 4) is 11.5 Å². The van der Waals surface area contributed by atoms with Crippen molar-refractivity contribution in [2.24, 2.45) is 11.7 Å². The van der Waals surface area contributed by atoms with Gasteiger partial charge in [0.25, 0.3) is 5.91 Å². The van der Waals surface area contributed by atoms with E-state index in [1.54, 1.807) is 17.0 Å². The zero-order valence-corrected chi connectivity index (χ0v) is 14.8. The Morgan fingerprint density at radius 2 is 2.08 bits per heavy atom. The van der Waals surface area contributed by atoms with Gasteiger partial charge < -0.3 is 20.1 Å². The Bertz CT molecular complexity index is 621. The monoisotopic (exact) mass is 354 g/mol. The number of piperidine rings is 1. The minimum Gasteiger partial charge on any atom is -0.493 e. The molecule has 2 N–H and O–H groups in total. The van der Waals surface area contributed by atoms with E-state index < -0.39 is 0 Å². The second kappa shape index (κ2) is 8.24. The largest absolute Gasteiger partial charge is 0.493 e. The third-order valence-corrected chi connectivity index (χ3v) is 4.57. The van der Waals surface area contributed by atoms with Crippen LogP contribution in [0.25, 0.3) is 0 Å². The fourth-order valence-electron chi connectivity index (χ4n) is 3.06. The average molecular weight is 355 g/mol. The number of amides is 2. The van der Waals surface area contributed by atoms with Gasteiger partial charge in [-0.25, -0.2) is 0 Å². The number of rotatable bonds is 6. The number of hydrogen-bond donors (Lipinski definition) is 1. The number of benzene rings is 1. The summed E-state index contributed by atoms with van der Waals surface area (Å²) in [7, 11) is 3.00. The number of ether oxygens (including phenoxy) is 2. The molecule has 6 nitrogen and oxygen atoms in total. The van der Waals surface area contributed by atoms with Crippen molar-refractivity contribution >= 4 is 23.4 Å². The van der Waals surface area contributed by atoms with Crippen LogP contribution in [0.5, 0.6) is 11.5 Å². The molecule has 132 valence electrons. The Morgan fingerprint density at radius 3 is 2.71 bits per heavy atom. The molecule has 0 radical (unpaired) electrons. The van der Waals surface area contributed by atoms with Crippen LogP contribution in [-0.4, -0.2) is 44.0 Å². The molecule has 2 amide bonds. The highest BCUT2D eigenvalue weighted by Crippen LogP contribution is 2.36. The van der Waals surface area contributed by atoms with Gasteiger partial charge in [-0.3, -0.25) is 9.59 Å². The van der Waals surface area contributed by atoms with E-state index >= 15 is 0 Å². The molecule has 7 heteroatoms. The lowest BCUT2D eigenvalue weighted by Gasteiger charge is -2.33. The normalized spacial score (nSPS) is 17.5. The number of likely N-dealkylation sites (tertiary alicyclic amines) is 1. The summed E-state index contributed by atoms with van der Waals surface area (Å²) in [6.45, 7) is 1.32. The highest BCUT2D eigenvalue weighted by Gasteiger charge is 2.26. The number of primary amides is 1. The Labute approximate surface area is 146 Å². The number of halogens is 1. The summed E-state index contributed by atoms with van der Waals surface area (Å²) in [5.74, 6) is 0.738. The third-order valence-electron chi connectivity index (χ3n) is 4.29. The molecule has 1 unspecified atom stereocenters. The highest BCUT2D eigenvalue weighted by atomic mass is 35.5. The molecule has 0 bridgehead atoms. The van der Waals surface area contributed by atoms with Gasteiger partial charge in [0.15, 0.2) is 11.5 Å². The first kappa shape index (κ1) is 18.4. The fourth-order valence-corrected chi connectivity index (χ4v) is 3.34. The lowest BCUT2D eigenvalue weighted by atomic mass is 9.93. The third kappa shape index (κ3) is 4.32. The van der Waals surface area contributed by atoms with E-state index in [9.17, 15) is 9.59 Å². The van der Waals surface area contributed by atoms with Crippen LogP contribution < -0.4 is 15.2 Å². The second-order valence-electron chi connectivity index (χ2n) is 5.96. The lowest BCUT2D eigenvalue weighted by Crippen LogP contribution is -2.40. The van der Waals surface area contributed by atoms with E-state index in [4.69, 9.17) is 26.8 Å². The first-order valence-corrected chi connectivity index (χ1v) is 8.33. The predicted molar refractivity (Wildman–Crippen MR) is 91.6 cm³/mol. The highest BCUT2D eigenvalue weighted by molar-refractivity contribution is 6.32. The number of carbonyl (C=O) groups excluding carboxylic acids is 2. The van der Waals surface area contributed by atoms with Crippen LogP contribution in [0.15, 0.2) is 12.1 Å². The molecule has 1 atom stereocenters. The molecule has 1 aliphatic heterocycles. The summed E-state index contributed by atoms with van der Waals surface area (Å²) < 4.78 is 10.4. The number of hydrogen-bond acceptors (Lipinski definition) is 4. The van der Waals surface area contributed by atoms with Crippen LogP contribution in [0.3, 0.4) is 0 Å². The van der Waals surface area contributed by atoms with Gasteiger partial charge in [-0.05, 0) is 37.3 Å². The Hall–Kier alpha value is -1.95. The summed E-state index contributed by atoms with van der Waals surface area (Å²) >= 11 is 6.18. The van der Waals surface area contributed by atoms with E-state index in [2.05, 4.69) is 0 Å². The van der Waals surface area contributed by atoms with Crippen LogP contribution in [-0.2, 0) is 4.79 Å². The van der Waals surface area contributed by atoms with Crippen LogP contribution in [0.4, 0.5) is 0 Å². The zero-order valence-electron chi connectivity index (χ0n) is 14.0. The molecule has 1 aromatic rings. The standard InChI is InChI=1S/C17H23ClN2O4/c1-23-14-9-12(8-13(18)16(14)24-2)17(22)20-7-3-4-11(10-20)5-6-15(19)21/h8-9,11H,3-7,10H2,1-2H3,(H2,19,21). The number of nitrogens with two attached hydrogens (primary N) is 1. The average Bonchev–Trinajstić information content (AvgIpc) is 2.58. The molecular formula is C17H23ClN2O4. The van der Waals surface area contributed by atoms with Crippen molar-refractivity contribution < 1.29 is 19.1 Å². The van der Waals surface area contributed by atoms with E-state index in [0.717, 1.165) is 12.8 Å². The molecular weight excluding hydrogens is 332 g/mol. The van der Waals surface area contributed by atoms with Gasteiger partial charge in [0.2, 0.25) is 5.91 Å². The zero-order chi connectivity index (χ0) is 17.7. The molecule has 0 aliphatic carbocycles. The number of methoxy groups -OCH3 is 2. The molecule has 0 saturated carbocycles. The molecule has 1 saturated heterocycles. The SMILES string of the molecule is COc1cc(C(=O)N2CCCC(CCC(N)=O)C2)cc(Cl)c1OC. The van der Waals surface area contributed by atoms with Crippen LogP contribution in [0, 0.1) is 5.92 Å². The van der Waals surface area contributed by atoms with E-state index in [1.165, 1.54) is 14.2 Å². The summed E-state index contributed by atoms with van der Waals surface area (Å²) in [6, 6.07) is 3.23. The summed E-state index contributed by atoms with van der Waals surface area (Å²) in [5, 5.41) is 0.336. The lowest BCUT2D eigenvalue weighted by molar-refractivity contribution is -0.118. The van der Waals surface area contributed by atoms with Gasteiger partial charge >= 0.3 is 0 Å². The van der Waals surface area contributed by atoms with Crippen molar-refractivity contribution in [3.63, 3.8) is 0 Å². The van der Waals surface area contributed by atoms with Crippen LogP contribution in [0.2, 0.25) is 5.02 Å². The maximum absolute atomic E-state index is 12.8. The Morgan fingerprint density at radius 1 is 1.33 bits per heavy atom. The van der Waals surface area contributed by atoms with Crippen molar-refractivity contribution in [3.05, 3.63) is 22.7 Å². The first-order chi connectivity index (χ1) is 11.5. The molecule has 24 heavy (non-hydrogen) atoms. The van der Waals surface area contributed by atoms with Crippen molar-refractivity contribution in [2.75, 3.05) is 27.3 Å². The molecule has 1 aliphatic rings. The maximum atomic E-state index is 12.8. The smallest absolute Gasteiger partial charge is 0.254 e. The van der Waals surface area contributed by atoms with Crippen LogP contribution >= 0.6 is 11.6 Å². The van der Waals surface area contributed by atoms with E-state index in [-0.39, 0.29) is 11.8 Å². The van der Waals surface area contributed by atoms with E-state index in [1.807, 2.05) is 0 Å². The van der Waals surface area contributed by atoms with Gasteiger partial charge in [0, 0.05) is 25.1 Å². The minimum absolute atomic E-state index is 0.0957. The van der Waals surface area contributed by atoms with Gasteiger partial charge in [-0.2, -0.15) is 0 Å². The molecule has 2 rings (SSSR count). The Kier molecular flexibility index (Phi) is 6.31. The molecule has 1 fully saturated rings. The number of nitrogens with zero attached hydrogens (tertiary/aromatic N) is 1. The topological polar surface area (TPSA) is 81.9 Å². The molecule has 1 aromatic carbocycles. The summed E-state index contributed by atoms with van der Waals surface area (Å²) in [5.41, 5.74) is 5.68. The van der Waals surface area contributed by atoms with Gasteiger partial charge in [-0.15, -0.1) is 0 Å². The van der Waals surface area contributed by atoms with Crippen LogP contribution in [0.1, 0.15) is 36.0 Å². The number of carbonyl (C=O) groups is 2. The first-order valence-electron chi connectivity index (χ1n) is 7.95. The van der Waals surface area contributed by atoms with Gasteiger partial charge in [0.1, 0.15) is 0 Å². The van der Waals surface area contributed by atoms with Crippen molar-refractivity contribution in [2.45, 2.75) is 25.7 Å².